The van der Waals surface area contributed by atoms with Crippen LogP contribution < -0.4 is 5.32 Å². The molecule has 0 bridgehead atoms. The van der Waals surface area contributed by atoms with Crippen LogP contribution in [0.25, 0.3) is 0 Å². The van der Waals surface area contributed by atoms with E-state index in [-0.39, 0.29) is 18.3 Å². The van der Waals surface area contributed by atoms with E-state index in [0.717, 1.165) is 0 Å². The van der Waals surface area contributed by atoms with Gasteiger partial charge in [0.15, 0.2) is 11.8 Å². The van der Waals surface area contributed by atoms with Crippen LogP contribution in [0.15, 0.2) is 0 Å². The highest BCUT2D eigenvalue weighted by molar-refractivity contribution is 6.06. The van der Waals surface area contributed by atoms with E-state index in [1.165, 1.54) is 6.92 Å². The van der Waals surface area contributed by atoms with E-state index < -0.39 is 17.9 Å². The van der Waals surface area contributed by atoms with Crippen molar-refractivity contribution in [1.29, 1.82) is 0 Å². The molecule has 5 heteroatoms. The lowest BCUT2D eigenvalue weighted by Crippen LogP contribution is -2.48. The summed E-state index contributed by atoms with van der Waals surface area (Å²) < 4.78 is 4.70. The van der Waals surface area contributed by atoms with Gasteiger partial charge in [-0.25, -0.2) is 4.79 Å². The molecule has 15 heavy (non-hydrogen) atoms. The maximum atomic E-state index is 11.6. The average Bonchev–Trinajstić information content (AvgIpc) is 2.13. The third-order valence-corrected chi connectivity index (χ3v) is 1.72. The van der Waals surface area contributed by atoms with Gasteiger partial charge in [-0.3, -0.25) is 9.59 Å². The number of ketones is 1. The van der Waals surface area contributed by atoms with Crippen LogP contribution in [-0.2, 0) is 19.1 Å². The number of carbonyl (C=O) groups excluding carboxylic acids is 3. The Kier molecular flexibility index (Phi) is 5.59. The molecule has 0 saturated carbocycles. The standard InChI is InChI=1S/C10H17NO4/c1-5-15-10(14)8(11-7(4)12)9(13)6(2)3/h6,8H,5H2,1-4H3,(H,11,12). The second-order valence-electron chi connectivity index (χ2n) is 3.44. The van der Waals surface area contributed by atoms with Gasteiger partial charge in [-0.2, -0.15) is 0 Å². The van der Waals surface area contributed by atoms with E-state index in [9.17, 15) is 14.4 Å². The predicted octanol–water partition coefficient (Wildman–Crippen LogP) is 0.279. The van der Waals surface area contributed by atoms with Crippen LogP contribution in [0.4, 0.5) is 0 Å². The summed E-state index contributed by atoms with van der Waals surface area (Å²) in [6.45, 7) is 6.40. The van der Waals surface area contributed by atoms with Gasteiger partial charge in [0, 0.05) is 12.8 Å². The Morgan fingerprint density at radius 3 is 2.13 bits per heavy atom. The molecular formula is C10H17NO4. The van der Waals surface area contributed by atoms with Gasteiger partial charge in [0.1, 0.15) is 0 Å². The molecule has 0 heterocycles. The molecule has 0 spiro atoms. The van der Waals surface area contributed by atoms with Crippen molar-refractivity contribution in [2.45, 2.75) is 33.7 Å². The number of hydrogen-bond donors (Lipinski definition) is 1. The fourth-order valence-electron chi connectivity index (χ4n) is 1.01. The molecule has 1 N–H and O–H groups in total. The van der Waals surface area contributed by atoms with Gasteiger partial charge in [-0.15, -0.1) is 0 Å². The highest BCUT2D eigenvalue weighted by atomic mass is 16.5. The number of Topliss-reactive ketones (excluding diaryl/α,β-unsaturated/α-hetero) is 1. The molecule has 1 amide bonds. The summed E-state index contributed by atoms with van der Waals surface area (Å²) in [5.41, 5.74) is 0. The van der Waals surface area contributed by atoms with Crippen molar-refractivity contribution in [3.05, 3.63) is 0 Å². The van der Waals surface area contributed by atoms with E-state index in [0.29, 0.717) is 0 Å². The highest BCUT2D eigenvalue weighted by Gasteiger charge is 2.30. The molecule has 0 rings (SSSR count). The molecule has 5 nitrogen and oxygen atoms in total. The molecule has 0 saturated heterocycles. The predicted molar refractivity (Wildman–Crippen MR) is 54.1 cm³/mol. The zero-order valence-corrected chi connectivity index (χ0v) is 9.49. The van der Waals surface area contributed by atoms with Crippen molar-refractivity contribution in [3.8, 4) is 0 Å². The van der Waals surface area contributed by atoms with Crippen molar-refractivity contribution in [3.63, 3.8) is 0 Å². The minimum Gasteiger partial charge on any atom is -0.464 e. The number of hydrogen-bond acceptors (Lipinski definition) is 4. The van der Waals surface area contributed by atoms with Crippen molar-refractivity contribution in [1.82, 2.24) is 5.32 Å². The number of rotatable bonds is 5. The van der Waals surface area contributed by atoms with Gasteiger partial charge < -0.3 is 10.1 Å². The van der Waals surface area contributed by atoms with Crippen LogP contribution in [0, 0.1) is 5.92 Å². The van der Waals surface area contributed by atoms with E-state index in [4.69, 9.17) is 4.74 Å². The Labute approximate surface area is 89.2 Å². The molecule has 86 valence electrons. The lowest BCUT2D eigenvalue weighted by atomic mass is 10.0. The van der Waals surface area contributed by atoms with Crippen LogP contribution in [-0.4, -0.2) is 30.3 Å². The first kappa shape index (κ1) is 13.6. The van der Waals surface area contributed by atoms with Crippen molar-refractivity contribution in [2.75, 3.05) is 6.61 Å². The minimum atomic E-state index is -1.18. The molecule has 0 fully saturated rings. The number of ether oxygens (including phenoxy) is 1. The number of amides is 1. The van der Waals surface area contributed by atoms with Crippen molar-refractivity contribution >= 4 is 17.7 Å². The Hall–Kier alpha value is -1.39. The third-order valence-electron chi connectivity index (χ3n) is 1.72. The molecule has 0 radical (unpaired) electrons. The third kappa shape index (κ3) is 4.58. The summed E-state index contributed by atoms with van der Waals surface area (Å²) in [4.78, 5) is 33.8. The van der Waals surface area contributed by atoms with E-state index in [2.05, 4.69) is 5.32 Å². The molecule has 0 aromatic heterocycles. The fraction of sp³-hybridized carbons (Fsp3) is 0.700. The smallest absolute Gasteiger partial charge is 0.336 e. The van der Waals surface area contributed by atoms with Crippen molar-refractivity contribution < 1.29 is 19.1 Å². The van der Waals surface area contributed by atoms with Crippen LogP contribution in [0.1, 0.15) is 27.7 Å². The molecule has 0 aliphatic carbocycles. The summed E-state index contributed by atoms with van der Waals surface area (Å²) in [6, 6.07) is -1.18. The summed E-state index contributed by atoms with van der Waals surface area (Å²) in [7, 11) is 0. The molecule has 1 unspecified atom stereocenters. The zero-order chi connectivity index (χ0) is 12.0. The van der Waals surface area contributed by atoms with E-state index in [1.807, 2.05) is 0 Å². The Bertz CT molecular complexity index is 260. The molecule has 0 aromatic carbocycles. The molecule has 0 aliphatic heterocycles. The van der Waals surface area contributed by atoms with Gasteiger partial charge in [-0.05, 0) is 6.92 Å². The van der Waals surface area contributed by atoms with Crippen LogP contribution >= 0.6 is 0 Å². The number of carbonyl (C=O) groups is 3. The zero-order valence-electron chi connectivity index (χ0n) is 9.49. The molecule has 0 aromatic rings. The maximum absolute atomic E-state index is 11.6. The number of nitrogens with one attached hydrogen (secondary N) is 1. The highest BCUT2D eigenvalue weighted by Crippen LogP contribution is 2.02. The van der Waals surface area contributed by atoms with E-state index in [1.54, 1.807) is 20.8 Å². The largest absolute Gasteiger partial charge is 0.464 e. The first-order valence-corrected chi connectivity index (χ1v) is 4.87. The summed E-state index contributed by atoms with van der Waals surface area (Å²) in [6.07, 6.45) is 0. The normalized spacial score (nSPS) is 12.1. The van der Waals surface area contributed by atoms with Gasteiger partial charge in [-0.1, -0.05) is 13.8 Å². The minimum absolute atomic E-state index is 0.181. The van der Waals surface area contributed by atoms with Crippen molar-refractivity contribution in [2.24, 2.45) is 5.92 Å². The monoisotopic (exact) mass is 215 g/mol. The molecule has 1 atom stereocenters. The average molecular weight is 215 g/mol. The Balaban J connectivity index is 4.64. The van der Waals surface area contributed by atoms with Crippen LogP contribution in [0.3, 0.4) is 0 Å². The quantitative estimate of drug-likeness (QED) is 0.528. The van der Waals surface area contributed by atoms with Gasteiger partial charge in [0.25, 0.3) is 0 Å². The lowest BCUT2D eigenvalue weighted by molar-refractivity contribution is -0.151. The summed E-state index contributed by atoms with van der Waals surface area (Å²) in [5, 5.41) is 2.28. The second kappa shape index (κ2) is 6.16. The summed E-state index contributed by atoms with van der Waals surface area (Å²) >= 11 is 0. The van der Waals surface area contributed by atoms with Crippen LogP contribution in [0.2, 0.25) is 0 Å². The van der Waals surface area contributed by atoms with Crippen LogP contribution in [0.5, 0.6) is 0 Å². The first-order chi connectivity index (χ1) is 6.90. The van der Waals surface area contributed by atoms with Gasteiger partial charge in [0.05, 0.1) is 6.61 Å². The summed E-state index contributed by atoms with van der Waals surface area (Å²) in [5.74, 6) is -1.80. The second-order valence-corrected chi connectivity index (χ2v) is 3.44. The molecule has 0 aliphatic rings. The van der Waals surface area contributed by atoms with Gasteiger partial charge >= 0.3 is 5.97 Å². The van der Waals surface area contributed by atoms with Gasteiger partial charge in [0.2, 0.25) is 5.91 Å². The number of esters is 1. The topological polar surface area (TPSA) is 72.5 Å². The van der Waals surface area contributed by atoms with E-state index >= 15 is 0 Å². The fourth-order valence-corrected chi connectivity index (χ4v) is 1.01. The lowest BCUT2D eigenvalue weighted by Gasteiger charge is -2.16. The first-order valence-electron chi connectivity index (χ1n) is 4.87. The Morgan fingerprint density at radius 1 is 1.27 bits per heavy atom. The molecular weight excluding hydrogens is 198 g/mol. The maximum Gasteiger partial charge on any atom is 0.336 e. The SMILES string of the molecule is CCOC(=O)C(NC(C)=O)C(=O)C(C)C. The Morgan fingerprint density at radius 2 is 1.80 bits per heavy atom.